The Bertz CT molecular complexity index is 4720. The summed E-state index contributed by atoms with van der Waals surface area (Å²) < 4.78 is 124. The Balaban J connectivity index is 0.000000202. The predicted molar refractivity (Wildman–Crippen MR) is 343 cm³/mol. The number of ketones is 1. The molecule has 1 amide bonds. The average Bonchev–Trinajstić information content (AvgIpc) is 1.59. The van der Waals surface area contributed by atoms with Crippen LogP contribution in [0.4, 0.5) is 28.9 Å². The number of furan rings is 2. The van der Waals surface area contributed by atoms with Crippen LogP contribution >= 0.6 is 22.6 Å². The van der Waals surface area contributed by atoms with E-state index in [1.807, 2.05) is 59.1 Å². The van der Waals surface area contributed by atoms with E-state index >= 15 is 0 Å². The van der Waals surface area contributed by atoms with Crippen molar-refractivity contribution in [2.45, 2.75) is 26.2 Å². The largest absolute Gasteiger partial charge is 1.00 e. The molecular weight excluding hydrogens is 1400 g/mol. The molecule has 2 aliphatic rings. The Kier molecular flexibility index (Phi) is 19.0. The summed E-state index contributed by atoms with van der Waals surface area (Å²) in [5.41, 5.74) is 11.4. The minimum Gasteiger partial charge on any atom is -1.00 e. The van der Waals surface area contributed by atoms with Crippen LogP contribution in [-0.4, -0.2) is 72.1 Å². The number of carbonyl (C=O) groups is 2. The molecule has 1 N–H and O–H groups in total. The van der Waals surface area contributed by atoms with Crippen molar-refractivity contribution in [3.05, 3.63) is 214 Å². The number of amides is 1. The second kappa shape index (κ2) is 26.0. The number of nitrogens with zero attached hydrogens (tertiary/aromatic N) is 4. The van der Waals surface area contributed by atoms with Gasteiger partial charge in [-0.2, -0.15) is 0 Å². The van der Waals surface area contributed by atoms with Crippen molar-refractivity contribution >= 4 is 111 Å². The molecule has 0 radical (unpaired) electrons. The lowest BCUT2D eigenvalue weighted by atomic mass is 9.96. The number of allylic oxidation sites excluding steroid dienone is 2. The lowest BCUT2D eigenvalue weighted by Gasteiger charge is -2.21. The first-order valence-electron chi connectivity index (χ1n) is 27.2. The van der Waals surface area contributed by atoms with Gasteiger partial charge in [-0.3, -0.25) is 23.2 Å². The van der Waals surface area contributed by atoms with Crippen LogP contribution in [0.2, 0.25) is 0 Å². The highest BCUT2D eigenvalue weighted by atomic mass is 127. The molecule has 12 rings (SSSR count). The van der Waals surface area contributed by atoms with Crippen molar-refractivity contribution in [2.24, 2.45) is 7.05 Å². The molecule has 0 aliphatic heterocycles. The highest BCUT2D eigenvalue weighted by Crippen LogP contribution is 2.45. The normalized spacial score (nSPS) is 12.4. The Hall–Kier alpha value is -8.00. The second-order valence-electron chi connectivity index (χ2n) is 20.8. The molecule has 4 aromatic heterocycles. The first kappa shape index (κ1) is 64.5. The van der Waals surface area contributed by atoms with E-state index < -0.39 is 37.6 Å². The van der Waals surface area contributed by atoms with E-state index in [2.05, 4.69) is 32.9 Å². The third-order valence-electron chi connectivity index (χ3n) is 15.4. The van der Waals surface area contributed by atoms with E-state index in [4.69, 9.17) is 8.83 Å². The average molecular weight is 1450 g/mol. The van der Waals surface area contributed by atoms with Crippen LogP contribution in [0.15, 0.2) is 155 Å². The number of hydrogen-bond donors (Lipinski definition) is 1. The van der Waals surface area contributed by atoms with Crippen molar-refractivity contribution in [3.8, 4) is 44.9 Å². The van der Waals surface area contributed by atoms with E-state index in [9.17, 15) is 44.0 Å². The van der Waals surface area contributed by atoms with Crippen LogP contribution in [0, 0.1) is 23.3 Å². The third kappa shape index (κ3) is 12.7. The third-order valence-corrected chi connectivity index (χ3v) is 17.8. The summed E-state index contributed by atoms with van der Waals surface area (Å²) in [7, 11) is -1.10. The van der Waals surface area contributed by atoms with Crippen LogP contribution in [0.5, 0.6) is 0 Å². The number of benzene rings is 6. The lowest BCUT2D eigenvalue weighted by molar-refractivity contribution is -0.673. The molecule has 88 heavy (non-hydrogen) atoms. The zero-order valence-corrected chi connectivity index (χ0v) is 54.7. The van der Waals surface area contributed by atoms with Crippen molar-refractivity contribution < 1.29 is 81.4 Å². The van der Waals surface area contributed by atoms with Gasteiger partial charge in [-0.1, -0.05) is 53.8 Å². The van der Waals surface area contributed by atoms with Gasteiger partial charge in [0, 0.05) is 121 Å². The fraction of sp³-hybridized carbons (Fsp3) is 0.164. The fourth-order valence-corrected chi connectivity index (χ4v) is 11.8. The fourth-order valence-electron chi connectivity index (χ4n) is 10.8. The zero-order chi connectivity index (χ0) is 62.4. The van der Waals surface area contributed by atoms with Gasteiger partial charge in [0.2, 0.25) is 25.7 Å². The molecule has 4 heterocycles. The number of hydrogen-bond acceptors (Lipinski definition) is 9. The van der Waals surface area contributed by atoms with Gasteiger partial charge in [-0.15, -0.1) is 0 Å². The quantitative estimate of drug-likeness (QED) is 0.0389. The zero-order valence-electron chi connectivity index (χ0n) is 48.8. The molecule has 0 spiro atoms. The summed E-state index contributed by atoms with van der Waals surface area (Å²) in [6.45, 7) is 1.74. The van der Waals surface area contributed by atoms with E-state index in [0.29, 0.717) is 102 Å². The Morgan fingerprint density at radius 1 is 0.625 bits per heavy atom. The van der Waals surface area contributed by atoms with Gasteiger partial charge in [0.05, 0.1) is 40.7 Å². The van der Waals surface area contributed by atoms with E-state index in [1.54, 1.807) is 61.7 Å². The molecule has 0 atom stereocenters. The lowest BCUT2D eigenvalue weighted by Crippen LogP contribution is -3.00. The SMILES string of the molecule is CCC(=O)c1c(-c2ccc(F)cc2)oc2cc(N(C)S(C)(=O)=O)c(-c3ccnc(C4=Cc5c(F)cccc5C4)c3)cc12.CI.CNC(=O)c1c(-c2ccc(F)cc2)oc2cc(N(C)S(C)(=O)=O)c(-c3cc[n+](C)c(C4=Cc5c(F)cccc5C4)c3)cc12.[I-]. The second-order valence-corrected chi connectivity index (χ2v) is 24.9. The molecule has 452 valence electrons. The topological polar surface area (TPSA) is 164 Å². The van der Waals surface area contributed by atoms with Gasteiger partial charge in [-0.05, 0) is 130 Å². The number of fused-ring (bicyclic) bond motifs is 4. The van der Waals surface area contributed by atoms with Crippen molar-refractivity contribution in [2.75, 3.05) is 47.2 Å². The molecule has 6 aromatic carbocycles. The van der Waals surface area contributed by atoms with E-state index in [-0.39, 0.29) is 64.9 Å². The van der Waals surface area contributed by atoms with Crippen molar-refractivity contribution in [1.82, 2.24) is 10.3 Å². The van der Waals surface area contributed by atoms with Gasteiger partial charge in [0.15, 0.2) is 12.0 Å². The van der Waals surface area contributed by atoms with Crippen LogP contribution in [0.1, 0.15) is 67.7 Å². The first-order chi connectivity index (χ1) is 41.5. The summed E-state index contributed by atoms with van der Waals surface area (Å²) in [4.78, 5) is 32.9. The Morgan fingerprint density at radius 3 is 1.57 bits per heavy atom. The summed E-state index contributed by atoms with van der Waals surface area (Å²) in [6.07, 6.45) is 10.6. The maximum absolute atomic E-state index is 14.5. The number of pyridine rings is 2. The number of rotatable bonds is 13. The molecule has 10 aromatic rings. The minimum atomic E-state index is -3.70. The molecule has 21 heteroatoms. The van der Waals surface area contributed by atoms with Crippen LogP contribution < -0.4 is 42.5 Å². The molecule has 13 nitrogen and oxygen atoms in total. The summed E-state index contributed by atoms with van der Waals surface area (Å²) in [5, 5.41) is 3.62. The number of carbonyl (C=O) groups excluding carboxylic acids is 2. The summed E-state index contributed by atoms with van der Waals surface area (Å²) in [5.74, 6) is -1.51. The Labute approximate surface area is 537 Å². The standard InChI is InChI=1S/C33H27F2N3O4S.C33H26F2N2O4S.CH3I.HI/c1-36-33(39)31-26-17-25(21-12-13-37(2)28(16-21)22-14-20-6-5-7-27(35)24(20)15-22)29(38(3)43(4,40)41)18-30(26)42-32(31)19-8-10-23(34)11-9-19;1-4-30(38)32-26-17-25(21-12-13-36-28(16-21)22-14-20-6-5-7-27(35)24(20)15-22)29(37(2)42(3,39)40)18-31(26)41-33(32)19-8-10-23(34)11-9-19;1-2;/h5-13,15-18H,14H2,1-4H3;5-13,15-18H,4,14H2,1-3H3;1H3;1H. The molecular formula is C67H57F4I2N5O8S2. The van der Waals surface area contributed by atoms with Crippen LogP contribution in [0.25, 0.3) is 90.1 Å². The maximum atomic E-state index is 14.5. The minimum absolute atomic E-state index is 0. The van der Waals surface area contributed by atoms with Gasteiger partial charge >= 0.3 is 0 Å². The van der Waals surface area contributed by atoms with E-state index in [1.165, 1.54) is 81.8 Å². The van der Waals surface area contributed by atoms with Crippen LogP contribution in [0.3, 0.4) is 0 Å². The number of anilines is 2. The molecule has 0 unspecified atom stereocenters. The smallest absolute Gasteiger partial charge is 0.255 e. The predicted octanol–water partition coefficient (Wildman–Crippen LogP) is 11.3. The number of halogens is 6. The molecule has 0 saturated heterocycles. The monoisotopic (exact) mass is 1450 g/mol. The number of Topliss-reactive ketones (excluding diaryl/α,β-unsaturated/α-hetero) is 1. The summed E-state index contributed by atoms with van der Waals surface area (Å²) in [6, 6.07) is 35.3. The maximum Gasteiger partial charge on any atom is 0.255 e. The van der Waals surface area contributed by atoms with Crippen molar-refractivity contribution in [1.29, 1.82) is 0 Å². The van der Waals surface area contributed by atoms with E-state index in [0.717, 1.165) is 49.1 Å². The first-order valence-corrected chi connectivity index (χ1v) is 33.0. The highest BCUT2D eigenvalue weighted by molar-refractivity contribution is 14.1. The number of nitrogens with one attached hydrogen (secondary N) is 1. The van der Waals surface area contributed by atoms with Gasteiger partial charge in [0.25, 0.3) is 5.91 Å². The van der Waals surface area contributed by atoms with Gasteiger partial charge in [-0.25, -0.2) is 39.0 Å². The molecule has 0 saturated carbocycles. The van der Waals surface area contributed by atoms with Gasteiger partial charge < -0.3 is 38.1 Å². The highest BCUT2D eigenvalue weighted by Gasteiger charge is 2.30. The van der Waals surface area contributed by atoms with Crippen molar-refractivity contribution in [3.63, 3.8) is 0 Å². The van der Waals surface area contributed by atoms with Crippen LogP contribution in [-0.2, 0) is 39.9 Å². The Morgan fingerprint density at radius 2 is 1.09 bits per heavy atom. The number of sulfonamides is 2. The number of alkyl halides is 1. The summed E-state index contributed by atoms with van der Waals surface area (Å²) >= 11 is 2.15. The molecule has 0 bridgehead atoms. The molecule has 0 fully saturated rings. The number of aromatic nitrogens is 2. The number of aryl methyl sites for hydroxylation is 1. The molecule has 2 aliphatic carbocycles. The van der Waals surface area contributed by atoms with Gasteiger partial charge in [0.1, 0.15) is 53.0 Å².